The number of hydrogen-bond donors (Lipinski definition) is 2. The number of para-hydroxylation sites is 1. The standard InChI is InChI=1S/C7H7BrS.C7H10N2S.ClH/c1-9-7-5-3-2-4-6(7)8;1-10-7-5-3-2-4-6(7)9-8;/h2-5H,1H3;2-5,9H,8H2,1H3;1H. The average Bonchev–Trinajstić information content (AvgIpc) is 2.48. The molecule has 0 amide bonds. The van der Waals surface area contributed by atoms with Gasteiger partial charge in [0.25, 0.3) is 0 Å². The summed E-state index contributed by atoms with van der Waals surface area (Å²) >= 11 is 6.86. The summed E-state index contributed by atoms with van der Waals surface area (Å²) in [4.78, 5) is 2.46. The van der Waals surface area contributed by atoms with Gasteiger partial charge in [-0.05, 0) is 52.7 Å². The second kappa shape index (κ2) is 11.3. The van der Waals surface area contributed by atoms with E-state index >= 15 is 0 Å². The van der Waals surface area contributed by atoms with Gasteiger partial charge in [0.05, 0.1) is 5.69 Å². The Morgan fingerprint density at radius 2 is 1.40 bits per heavy atom. The minimum Gasteiger partial charge on any atom is -0.323 e. The summed E-state index contributed by atoms with van der Waals surface area (Å²) in [6, 6.07) is 16.1. The van der Waals surface area contributed by atoms with E-state index in [4.69, 9.17) is 5.84 Å². The highest BCUT2D eigenvalue weighted by Crippen LogP contribution is 2.24. The van der Waals surface area contributed by atoms with Crippen molar-refractivity contribution in [1.29, 1.82) is 0 Å². The first-order valence-corrected chi connectivity index (χ1v) is 8.85. The summed E-state index contributed by atoms with van der Waals surface area (Å²) in [7, 11) is 0. The van der Waals surface area contributed by atoms with Crippen molar-refractivity contribution in [3.8, 4) is 0 Å². The Kier molecular flexibility index (Phi) is 11.2. The van der Waals surface area contributed by atoms with E-state index in [9.17, 15) is 0 Å². The Hall–Kier alpha value is -0.330. The van der Waals surface area contributed by atoms with Crippen molar-refractivity contribution in [3.63, 3.8) is 0 Å². The van der Waals surface area contributed by atoms with Gasteiger partial charge in [0.1, 0.15) is 0 Å². The van der Waals surface area contributed by atoms with E-state index in [2.05, 4.69) is 33.7 Å². The van der Waals surface area contributed by atoms with Crippen molar-refractivity contribution in [2.45, 2.75) is 9.79 Å². The van der Waals surface area contributed by atoms with Crippen molar-refractivity contribution >= 4 is 57.5 Å². The molecule has 2 aromatic rings. The van der Waals surface area contributed by atoms with E-state index in [0.29, 0.717) is 0 Å². The second-order valence-corrected chi connectivity index (χ2v) is 6.03. The number of hydrazine groups is 1. The highest BCUT2D eigenvalue weighted by atomic mass is 79.9. The fraction of sp³-hybridized carbons (Fsp3) is 0.143. The third-order valence-corrected chi connectivity index (χ3v) is 4.86. The maximum atomic E-state index is 5.26. The van der Waals surface area contributed by atoms with Gasteiger partial charge in [0.2, 0.25) is 0 Å². The first-order chi connectivity index (χ1) is 9.22. The van der Waals surface area contributed by atoms with E-state index < -0.39 is 0 Å². The number of nitrogens with two attached hydrogens (primary N) is 1. The monoisotopic (exact) mass is 392 g/mol. The lowest BCUT2D eigenvalue weighted by molar-refractivity contribution is 1.29. The smallest absolute Gasteiger partial charge is 0.0620 e. The van der Waals surface area contributed by atoms with Crippen LogP contribution in [0.2, 0.25) is 0 Å². The van der Waals surface area contributed by atoms with Crippen LogP contribution in [0.3, 0.4) is 0 Å². The van der Waals surface area contributed by atoms with Gasteiger partial charge in [-0.1, -0.05) is 24.3 Å². The molecule has 20 heavy (non-hydrogen) atoms. The highest BCUT2D eigenvalue weighted by Gasteiger charge is 1.94. The van der Waals surface area contributed by atoms with Crippen LogP contribution < -0.4 is 11.3 Å². The normalized spacial score (nSPS) is 9.00. The molecule has 0 fully saturated rings. The number of hydrogen-bond acceptors (Lipinski definition) is 4. The van der Waals surface area contributed by atoms with Crippen LogP contribution in [0.4, 0.5) is 5.69 Å². The van der Waals surface area contributed by atoms with Crippen LogP contribution in [0, 0.1) is 0 Å². The Morgan fingerprint density at radius 3 is 1.80 bits per heavy atom. The van der Waals surface area contributed by atoms with E-state index in [1.807, 2.05) is 48.7 Å². The maximum absolute atomic E-state index is 5.26. The van der Waals surface area contributed by atoms with Crippen molar-refractivity contribution in [3.05, 3.63) is 53.0 Å². The number of benzene rings is 2. The van der Waals surface area contributed by atoms with Crippen LogP contribution in [0.25, 0.3) is 0 Å². The molecule has 2 aromatic carbocycles. The van der Waals surface area contributed by atoms with E-state index in [0.717, 1.165) is 5.69 Å². The van der Waals surface area contributed by atoms with Crippen LogP contribution in [0.1, 0.15) is 0 Å². The molecule has 3 N–H and O–H groups in total. The molecular formula is C14H18BrClN2S2. The van der Waals surface area contributed by atoms with Gasteiger partial charge >= 0.3 is 0 Å². The average molecular weight is 394 g/mol. The summed E-state index contributed by atoms with van der Waals surface area (Å²) in [5, 5.41) is 0. The molecule has 0 saturated heterocycles. The zero-order chi connectivity index (χ0) is 14.1. The van der Waals surface area contributed by atoms with Crippen LogP contribution in [0.15, 0.2) is 62.8 Å². The molecule has 0 aliphatic rings. The lowest BCUT2D eigenvalue weighted by Crippen LogP contribution is -2.07. The van der Waals surface area contributed by atoms with Crippen molar-refractivity contribution in [1.82, 2.24) is 0 Å². The Morgan fingerprint density at radius 1 is 0.900 bits per heavy atom. The SMILES string of the molecule is CSc1ccccc1Br.CSc1ccccc1NN.Cl. The van der Waals surface area contributed by atoms with Crippen LogP contribution in [0.5, 0.6) is 0 Å². The predicted molar refractivity (Wildman–Crippen MR) is 99.2 cm³/mol. The molecule has 0 saturated carbocycles. The fourth-order valence-electron chi connectivity index (χ4n) is 1.37. The number of halogens is 2. The highest BCUT2D eigenvalue weighted by molar-refractivity contribution is 9.10. The molecule has 110 valence electrons. The molecule has 0 unspecified atom stereocenters. The summed E-state index contributed by atoms with van der Waals surface area (Å²) < 4.78 is 1.18. The minimum atomic E-state index is 0. The Balaban J connectivity index is 0.000000345. The molecule has 0 bridgehead atoms. The van der Waals surface area contributed by atoms with Gasteiger partial charge in [-0.25, -0.2) is 0 Å². The molecule has 0 spiro atoms. The third kappa shape index (κ3) is 6.41. The molecule has 0 radical (unpaired) electrons. The zero-order valence-corrected chi connectivity index (χ0v) is 15.3. The van der Waals surface area contributed by atoms with Crippen LogP contribution in [-0.2, 0) is 0 Å². The number of nitrogen functional groups attached to an aromatic ring is 1. The lowest BCUT2D eigenvalue weighted by atomic mass is 10.3. The Labute approximate surface area is 143 Å². The summed E-state index contributed by atoms with van der Waals surface area (Å²) in [6.45, 7) is 0. The zero-order valence-electron chi connectivity index (χ0n) is 11.3. The van der Waals surface area contributed by atoms with Crippen molar-refractivity contribution in [2.75, 3.05) is 17.9 Å². The largest absolute Gasteiger partial charge is 0.323 e. The van der Waals surface area contributed by atoms with E-state index in [-0.39, 0.29) is 12.4 Å². The topological polar surface area (TPSA) is 38.0 Å². The molecular weight excluding hydrogens is 376 g/mol. The maximum Gasteiger partial charge on any atom is 0.0620 e. The number of nitrogens with one attached hydrogen (secondary N) is 1. The summed E-state index contributed by atoms with van der Waals surface area (Å²) in [6.07, 6.45) is 4.09. The summed E-state index contributed by atoms with van der Waals surface area (Å²) in [5.74, 6) is 5.26. The number of rotatable bonds is 3. The lowest BCUT2D eigenvalue weighted by Gasteiger charge is -2.03. The molecule has 2 nitrogen and oxygen atoms in total. The van der Waals surface area contributed by atoms with Crippen LogP contribution >= 0.6 is 51.9 Å². The molecule has 0 aliphatic carbocycles. The van der Waals surface area contributed by atoms with E-state index in [1.165, 1.54) is 14.3 Å². The number of thioether (sulfide) groups is 2. The molecule has 0 atom stereocenters. The Bertz CT molecular complexity index is 489. The van der Waals surface area contributed by atoms with Crippen LogP contribution in [-0.4, -0.2) is 12.5 Å². The molecule has 6 heteroatoms. The van der Waals surface area contributed by atoms with Gasteiger partial charge in [-0.2, -0.15) is 0 Å². The predicted octanol–water partition coefficient (Wildman–Crippen LogP) is 5.29. The molecule has 0 aromatic heterocycles. The molecule has 0 aliphatic heterocycles. The third-order valence-electron chi connectivity index (χ3n) is 2.32. The molecule has 0 heterocycles. The van der Waals surface area contributed by atoms with E-state index in [1.54, 1.807) is 23.5 Å². The van der Waals surface area contributed by atoms with Crippen molar-refractivity contribution < 1.29 is 0 Å². The van der Waals surface area contributed by atoms with Gasteiger partial charge in [-0.15, -0.1) is 35.9 Å². The van der Waals surface area contributed by atoms with Crippen molar-refractivity contribution in [2.24, 2.45) is 5.84 Å². The van der Waals surface area contributed by atoms with Gasteiger partial charge < -0.3 is 5.43 Å². The quantitative estimate of drug-likeness (QED) is 0.422. The fourth-order valence-corrected chi connectivity index (χ4v) is 3.18. The first-order valence-electron chi connectivity index (χ1n) is 5.61. The van der Waals surface area contributed by atoms with Gasteiger partial charge in [0, 0.05) is 14.3 Å². The molecule has 2 rings (SSSR count). The minimum absolute atomic E-state index is 0. The van der Waals surface area contributed by atoms with Gasteiger partial charge in [-0.3, -0.25) is 5.84 Å². The number of anilines is 1. The second-order valence-electron chi connectivity index (χ2n) is 3.48. The summed E-state index contributed by atoms with van der Waals surface area (Å²) in [5.41, 5.74) is 3.61. The van der Waals surface area contributed by atoms with Gasteiger partial charge in [0.15, 0.2) is 0 Å². The first kappa shape index (κ1) is 19.7.